The monoisotopic (exact) mass is 599 g/mol. The summed E-state index contributed by atoms with van der Waals surface area (Å²) in [5.41, 5.74) is -0.671. The van der Waals surface area contributed by atoms with Gasteiger partial charge in [-0.05, 0) is 91.8 Å². The highest BCUT2D eigenvalue weighted by Crippen LogP contribution is 2.43. The minimum atomic E-state index is -4.77. The predicted octanol–water partition coefficient (Wildman–Crippen LogP) is 8.62. The van der Waals surface area contributed by atoms with Crippen molar-refractivity contribution in [1.29, 1.82) is 0 Å². The molecule has 0 amide bonds. The van der Waals surface area contributed by atoms with Crippen LogP contribution < -0.4 is 10.1 Å². The highest BCUT2D eigenvalue weighted by molar-refractivity contribution is 5.70. The minimum absolute atomic E-state index is 0.110. The van der Waals surface area contributed by atoms with Crippen molar-refractivity contribution in [3.63, 3.8) is 0 Å². The minimum Gasteiger partial charge on any atom is -0.490 e. The van der Waals surface area contributed by atoms with Gasteiger partial charge in [-0.3, -0.25) is 4.79 Å². The van der Waals surface area contributed by atoms with Crippen molar-refractivity contribution in [2.75, 3.05) is 0 Å². The fourth-order valence-corrected chi connectivity index (χ4v) is 6.04. The standard InChI is InChI=1S/C29H33F6NO3.C3H6/c1-15-11-21(36-17(3)23-13-20(28(30,31)32)7-8-24(23)29(33,34)35)14-22(15)25-9-6-19-5-4-18(12-26(19)39-25)10-16(2)27(37)38;1-2-3-1/h4-5,7-8,12-13,15-17,21-22,25,36H,6,9-11,14H2,1-3H3,(H,37,38);1-3H2. The Morgan fingerprint density at radius 3 is 2.29 bits per heavy atom. The molecule has 2 fully saturated rings. The van der Waals surface area contributed by atoms with Crippen LogP contribution in [0.25, 0.3) is 0 Å². The average Bonchev–Trinajstić information content (AvgIpc) is 3.75. The van der Waals surface area contributed by atoms with Gasteiger partial charge in [-0.2, -0.15) is 26.3 Å². The summed E-state index contributed by atoms with van der Waals surface area (Å²) in [6, 6.07) is 6.24. The topological polar surface area (TPSA) is 58.6 Å². The molecule has 2 aliphatic carbocycles. The third-order valence-electron chi connectivity index (χ3n) is 8.48. The number of carbonyl (C=O) groups is 1. The molecule has 10 heteroatoms. The normalized spacial score (nSPS) is 25.0. The molecule has 2 aromatic carbocycles. The molecule has 1 aliphatic heterocycles. The van der Waals surface area contributed by atoms with Gasteiger partial charge in [0.2, 0.25) is 0 Å². The molecule has 0 bridgehead atoms. The zero-order valence-corrected chi connectivity index (χ0v) is 24.1. The summed E-state index contributed by atoms with van der Waals surface area (Å²) in [7, 11) is 0. The van der Waals surface area contributed by atoms with Crippen molar-refractivity contribution in [2.45, 2.75) is 103 Å². The zero-order valence-electron chi connectivity index (χ0n) is 24.1. The highest BCUT2D eigenvalue weighted by atomic mass is 19.4. The summed E-state index contributed by atoms with van der Waals surface area (Å²) in [4.78, 5) is 11.2. The van der Waals surface area contributed by atoms with E-state index in [2.05, 4.69) is 12.2 Å². The van der Waals surface area contributed by atoms with Crippen LogP contribution in [-0.4, -0.2) is 23.2 Å². The first kappa shape index (κ1) is 32.2. The number of halogens is 6. The number of ether oxygens (including phenoxy) is 1. The maximum atomic E-state index is 13.6. The van der Waals surface area contributed by atoms with Crippen LogP contribution in [0.4, 0.5) is 26.3 Å². The van der Waals surface area contributed by atoms with E-state index in [0.29, 0.717) is 37.5 Å². The molecule has 2 N–H and O–H groups in total. The van der Waals surface area contributed by atoms with Gasteiger partial charge in [0.05, 0.1) is 17.0 Å². The Morgan fingerprint density at radius 2 is 1.69 bits per heavy atom. The molecule has 2 aromatic rings. The molecule has 6 unspecified atom stereocenters. The average molecular weight is 600 g/mol. The number of carboxylic acids is 1. The predicted molar refractivity (Wildman–Crippen MR) is 147 cm³/mol. The molecule has 2 saturated carbocycles. The molecule has 5 rings (SSSR count). The second-order valence-corrected chi connectivity index (χ2v) is 12.1. The Hall–Kier alpha value is -2.75. The second-order valence-electron chi connectivity index (χ2n) is 12.1. The van der Waals surface area contributed by atoms with E-state index in [1.807, 2.05) is 18.2 Å². The number of benzene rings is 2. The number of nitrogens with one attached hydrogen (secondary N) is 1. The lowest BCUT2D eigenvalue weighted by Gasteiger charge is -2.33. The van der Waals surface area contributed by atoms with Crippen LogP contribution in [0, 0.1) is 17.8 Å². The molecule has 0 spiro atoms. The van der Waals surface area contributed by atoms with Crippen LogP contribution in [-0.2, 0) is 30.0 Å². The van der Waals surface area contributed by atoms with Gasteiger partial charge in [-0.15, -0.1) is 0 Å². The van der Waals surface area contributed by atoms with Crippen LogP contribution in [0.3, 0.4) is 0 Å². The Kier molecular flexibility index (Phi) is 9.85. The number of hydrogen-bond donors (Lipinski definition) is 2. The van der Waals surface area contributed by atoms with Crippen molar-refractivity contribution >= 4 is 5.97 Å². The SMILES string of the molecule is C1CC1.CC(Cc1ccc2c(c1)OC(C1CC(NC(C)c3cc(C(F)(F)F)ccc3C(F)(F)F)CC1C)CC2)C(=O)O. The lowest BCUT2D eigenvalue weighted by atomic mass is 9.86. The first-order valence-electron chi connectivity index (χ1n) is 14.7. The fourth-order valence-electron chi connectivity index (χ4n) is 6.04. The van der Waals surface area contributed by atoms with Crippen molar-refractivity contribution in [3.8, 4) is 5.75 Å². The number of fused-ring (bicyclic) bond motifs is 1. The largest absolute Gasteiger partial charge is 0.490 e. The van der Waals surface area contributed by atoms with Gasteiger partial charge in [0.15, 0.2) is 0 Å². The van der Waals surface area contributed by atoms with Gasteiger partial charge in [0, 0.05) is 12.1 Å². The molecule has 6 atom stereocenters. The lowest BCUT2D eigenvalue weighted by Crippen LogP contribution is -2.34. The number of aliphatic carboxylic acids is 1. The molecule has 0 saturated heterocycles. The van der Waals surface area contributed by atoms with Gasteiger partial charge in [0.1, 0.15) is 11.9 Å². The van der Waals surface area contributed by atoms with E-state index in [1.165, 1.54) is 26.2 Å². The maximum absolute atomic E-state index is 13.6. The summed E-state index contributed by atoms with van der Waals surface area (Å²) in [6.07, 6.45) is -1.87. The molecule has 232 valence electrons. The Bertz CT molecular complexity index is 1240. The number of alkyl halides is 6. The number of rotatable bonds is 7. The van der Waals surface area contributed by atoms with E-state index in [9.17, 15) is 36.2 Å². The van der Waals surface area contributed by atoms with E-state index >= 15 is 0 Å². The summed E-state index contributed by atoms with van der Waals surface area (Å²) in [5, 5.41) is 12.4. The Morgan fingerprint density at radius 1 is 1.00 bits per heavy atom. The van der Waals surface area contributed by atoms with Gasteiger partial charge >= 0.3 is 18.3 Å². The summed E-state index contributed by atoms with van der Waals surface area (Å²) in [5.74, 6) is -0.349. The van der Waals surface area contributed by atoms with Crippen LogP contribution in [0.1, 0.15) is 93.2 Å². The second kappa shape index (κ2) is 12.9. The lowest BCUT2D eigenvalue weighted by molar-refractivity contribution is -0.142. The van der Waals surface area contributed by atoms with Gasteiger partial charge in [-0.25, -0.2) is 0 Å². The van der Waals surface area contributed by atoms with E-state index in [-0.39, 0.29) is 24.0 Å². The van der Waals surface area contributed by atoms with Crippen LogP contribution >= 0.6 is 0 Å². The Labute approximate surface area is 242 Å². The van der Waals surface area contributed by atoms with Gasteiger partial charge < -0.3 is 15.2 Å². The maximum Gasteiger partial charge on any atom is 0.416 e. The third-order valence-corrected chi connectivity index (χ3v) is 8.48. The molecular formula is C32H39F6NO3. The molecule has 1 heterocycles. The van der Waals surface area contributed by atoms with Crippen molar-refractivity contribution < 1.29 is 41.0 Å². The quantitative estimate of drug-likeness (QED) is 0.313. The van der Waals surface area contributed by atoms with E-state index in [1.54, 1.807) is 6.92 Å². The van der Waals surface area contributed by atoms with Gasteiger partial charge in [0.25, 0.3) is 0 Å². The van der Waals surface area contributed by atoms with Crippen molar-refractivity contribution in [3.05, 3.63) is 64.2 Å². The van der Waals surface area contributed by atoms with Crippen LogP contribution in [0.5, 0.6) is 5.75 Å². The molecule has 0 radical (unpaired) electrons. The van der Waals surface area contributed by atoms with Crippen LogP contribution in [0.15, 0.2) is 36.4 Å². The van der Waals surface area contributed by atoms with E-state index < -0.39 is 47.0 Å². The van der Waals surface area contributed by atoms with Crippen molar-refractivity contribution in [1.82, 2.24) is 5.32 Å². The molecule has 0 aromatic heterocycles. The Balaban J connectivity index is 0.00000127. The van der Waals surface area contributed by atoms with Crippen LogP contribution in [0.2, 0.25) is 0 Å². The smallest absolute Gasteiger partial charge is 0.416 e. The first-order valence-corrected chi connectivity index (χ1v) is 14.7. The van der Waals surface area contributed by atoms with E-state index in [4.69, 9.17) is 4.74 Å². The van der Waals surface area contributed by atoms with E-state index in [0.717, 1.165) is 29.7 Å². The number of carboxylic acid groups (broad SMARTS) is 1. The number of hydrogen-bond acceptors (Lipinski definition) is 3. The summed E-state index contributed by atoms with van der Waals surface area (Å²) >= 11 is 0. The summed E-state index contributed by atoms with van der Waals surface area (Å²) < 4.78 is 87.0. The third kappa shape index (κ3) is 8.20. The fraction of sp³-hybridized carbons (Fsp3) is 0.594. The summed E-state index contributed by atoms with van der Waals surface area (Å²) in [6.45, 7) is 5.18. The number of aryl methyl sites for hydroxylation is 1. The highest BCUT2D eigenvalue weighted by Gasteiger charge is 2.41. The molecular weight excluding hydrogens is 560 g/mol. The molecule has 42 heavy (non-hydrogen) atoms. The first-order chi connectivity index (χ1) is 19.6. The molecule has 4 nitrogen and oxygen atoms in total. The molecule has 3 aliphatic rings. The van der Waals surface area contributed by atoms with Gasteiger partial charge in [-0.1, -0.05) is 45.2 Å². The van der Waals surface area contributed by atoms with Crippen molar-refractivity contribution in [2.24, 2.45) is 17.8 Å². The zero-order chi connectivity index (χ0) is 30.8.